The van der Waals surface area contributed by atoms with Gasteiger partial charge in [-0.25, -0.2) is 0 Å². The molecule has 0 bridgehead atoms. The van der Waals surface area contributed by atoms with Gasteiger partial charge < -0.3 is 20.3 Å². The summed E-state index contributed by atoms with van der Waals surface area (Å²) in [5.41, 5.74) is 0. The summed E-state index contributed by atoms with van der Waals surface area (Å²) in [6.07, 6.45) is 6.72. The van der Waals surface area contributed by atoms with Gasteiger partial charge in [-0.05, 0) is 44.4 Å². The summed E-state index contributed by atoms with van der Waals surface area (Å²) in [6.45, 7) is 4.28. The van der Waals surface area contributed by atoms with Crippen LogP contribution in [0.15, 0.2) is 4.99 Å². The molecule has 0 spiro atoms. The number of halogens is 1. The van der Waals surface area contributed by atoms with Crippen LogP contribution in [-0.2, 0) is 9.53 Å². The van der Waals surface area contributed by atoms with E-state index in [1.54, 1.807) is 0 Å². The van der Waals surface area contributed by atoms with E-state index in [0.717, 1.165) is 81.9 Å². The number of nitrogens with zero attached hydrogens (tertiary/aromatic N) is 2. The standard InChI is InChI=1S/C19H34N4O2S.HI/c1-20-19(21-8-11-25-14-15-2-3-15)22-17-6-4-16(5-7-17)18(24)23-9-12-26-13-10-23;/h15-17H,2-14H2,1H3,(H2,20,21,22);1H. The Morgan fingerprint density at radius 3 is 2.48 bits per heavy atom. The Kier molecular flexibility index (Phi) is 10.6. The normalized spacial score (nSPS) is 26.3. The highest BCUT2D eigenvalue weighted by Gasteiger charge is 2.30. The van der Waals surface area contributed by atoms with Crippen molar-refractivity contribution in [2.24, 2.45) is 16.8 Å². The number of guanidine groups is 1. The SMILES string of the molecule is CN=C(NCCOCC1CC1)NC1CCC(C(=O)N2CCSCC2)CC1.I. The minimum atomic E-state index is 0. The van der Waals surface area contributed by atoms with Crippen molar-refractivity contribution in [1.82, 2.24) is 15.5 Å². The Bertz CT molecular complexity index is 476. The zero-order chi connectivity index (χ0) is 18.2. The van der Waals surface area contributed by atoms with Crippen LogP contribution in [0, 0.1) is 11.8 Å². The van der Waals surface area contributed by atoms with Crippen molar-refractivity contribution < 1.29 is 9.53 Å². The van der Waals surface area contributed by atoms with Gasteiger partial charge >= 0.3 is 0 Å². The van der Waals surface area contributed by atoms with Crippen LogP contribution in [0.2, 0.25) is 0 Å². The maximum absolute atomic E-state index is 12.6. The summed E-state index contributed by atoms with van der Waals surface area (Å²) in [4.78, 5) is 19.0. The molecule has 1 amide bonds. The van der Waals surface area contributed by atoms with Crippen LogP contribution in [0.25, 0.3) is 0 Å². The number of rotatable bonds is 7. The van der Waals surface area contributed by atoms with Gasteiger partial charge in [0.2, 0.25) is 5.91 Å². The fourth-order valence-electron chi connectivity index (χ4n) is 3.69. The molecule has 3 fully saturated rings. The Morgan fingerprint density at radius 1 is 1.15 bits per heavy atom. The molecule has 6 nitrogen and oxygen atoms in total. The van der Waals surface area contributed by atoms with Gasteiger partial charge in [-0.1, -0.05) is 0 Å². The number of hydrogen-bond donors (Lipinski definition) is 2. The third kappa shape index (κ3) is 7.97. The molecular formula is C19H35IN4O2S. The van der Waals surface area contributed by atoms with Crippen LogP contribution in [0.3, 0.4) is 0 Å². The van der Waals surface area contributed by atoms with Crippen molar-refractivity contribution in [2.75, 3.05) is 51.4 Å². The number of thioether (sulfide) groups is 1. The molecular weight excluding hydrogens is 475 g/mol. The van der Waals surface area contributed by atoms with Crippen LogP contribution in [-0.4, -0.2) is 74.2 Å². The van der Waals surface area contributed by atoms with E-state index >= 15 is 0 Å². The number of hydrogen-bond acceptors (Lipinski definition) is 4. The molecule has 0 aromatic heterocycles. The molecule has 8 heteroatoms. The van der Waals surface area contributed by atoms with E-state index in [1.807, 2.05) is 18.8 Å². The Labute approximate surface area is 185 Å². The fraction of sp³-hybridized carbons (Fsp3) is 0.895. The molecule has 2 aliphatic carbocycles. The van der Waals surface area contributed by atoms with Gasteiger partial charge in [0, 0.05) is 56.8 Å². The van der Waals surface area contributed by atoms with Crippen molar-refractivity contribution in [2.45, 2.75) is 44.6 Å². The maximum atomic E-state index is 12.6. The van der Waals surface area contributed by atoms with Crippen LogP contribution in [0.5, 0.6) is 0 Å². The van der Waals surface area contributed by atoms with Crippen LogP contribution >= 0.6 is 35.7 Å². The molecule has 2 N–H and O–H groups in total. The summed E-state index contributed by atoms with van der Waals surface area (Å²) < 4.78 is 5.65. The summed E-state index contributed by atoms with van der Waals surface area (Å²) in [5, 5.41) is 6.84. The number of aliphatic imine (C=N–C) groups is 1. The Balaban J connectivity index is 0.00000261. The van der Waals surface area contributed by atoms with Crippen molar-refractivity contribution in [1.29, 1.82) is 0 Å². The van der Waals surface area contributed by atoms with Crippen molar-refractivity contribution in [3.05, 3.63) is 0 Å². The lowest BCUT2D eigenvalue weighted by atomic mass is 9.85. The first-order chi connectivity index (χ1) is 12.8. The second-order valence-corrected chi connectivity index (χ2v) is 8.87. The maximum Gasteiger partial charge on any atom is 0.225 e. The number of carbonyl (C=O) groups is 1. The summed E-state index contributed by atoms with van der Waals surface area (Å²) in [7, 11) is 1.81. The number of amides is 1. The molecule has 1 aliphatic heterocycles. The second-order valence-electron chi connectivity index (χ2n) is 7.65. The van der Waals surface area contributed by atoms with Gasteiger partial charge in [0.1, 0.15) is 0 Å². The van der Waals surface area contributed by atoms with Crippen LogP contribution < -0.4 is 10.6 Å². The summed E-state index contributed by atoms with van der Waals surface area (Å²) in [5.74, 6) is 4.46. The predicted octanol–water partition coefficient (Wildman–Crippen LogP) is 2.33. The Morgan fingerprint density at radius 2 is 1.85 bits per heavy atom. The zero-order valence-electron chi connectivity index (χ0n) is 16.5. The quantitative estimate of drug-likeness (QED) is 0.238. The molecule has 1 heterocycles. The summed E-state index contributed by atoms with van der Waals surface area (Å²) >= 11 is 1.95. The largest absolute Gasteiger partial charge is 0.379 e. The molecule has 156 valence electrons. The average molecular weight is 510 g/mol. The molecule has 1 saturated heterocycles. The molecule has 0 unspecified atom stereocenters. The second kappa shape index (κ2) is 12.4. The van der Waals surface area contributed by atoms with E-state index < -0.39 is 0 Å². The van der Waals surface area contributed by atoms with E-state index in [-0.39, 0.29) is 29.9 Å². The molecule has 27 heavy (non-hydrogen) atoms. The lowest BCUT2D eigenvalue weighted by Crippen LogP contribution is -2.47. The van der Waals surface area contributed by atoms with Crippen molar-refractivity contribution in [3.8, 4) is 0 Å². The molecule has 0 atom stereocenters. The smallest absolute Gasteiger partial charge is 0.225 e. The zero-order valence-corrected chi connectivity index (χ0v) is 19.6. The van der Waals surface area contributed by atoms with E-state index in [0.29, 0.717) is 11.9 Å². The van der Waals surface area contributed by atoms with E-state index in [1.165, 1.54) is 12.8 Å². The molecule has 0 radical (unpaired) electrons. The number of nitrogens with one attached hydrogen (secondary N) is 2. The first-order valence-electron chi connectivity index (χ1n) is 10.2. The van der Waals surface area contributed by atoms with E-state index in [9.17, 15) is 4.79 Å². The van der Waals surface area contributed by atoms with Gasteiger partial charge in [-0.15, -0.1) is 24.0 Å². The average Bonchev–Trinajstić information content (AvgIpc) is 3.52. The van der Waals surface area contributed by atoms with E-state index in [2.05, 4.69) is 20.5 Å². The van der Waals surface area contributed by atoms with Gasteiger partial charge in [0.05, 0.1) is 6.61 Å². The Hall–Kier alpha value is -0.220. The van der Waals surface area contributed by atoms with Gasteiger partial charge in [-0.2, -0.15) is 11.8 Å². The van der Waals surface area contributed by atoms with Gasteiger partial charge in [0.15, 0.2) is 5.96 Å². The topological polar surface area (TPSA) is 66.0 Å². The molecule has 0 aromatic carbocycles. The first kappa shape index (κ1) is 23.1. The van der Waals surface area contributed by atoms with Gasteiger partial charge in [-0.3, -0.25) is 9.79 Å². The number of carbonyl (C=O) groups excluding carboxylic acids is 1. The highest BCUT2D eigenvalue weighted by Crippen LogP contribution is 2.28. The third-order valence-corrected chi connectivity index (χ3v) is 6.50. The highest BCUT2D eigenvalue weighted by molar-refractivity contribution is 14.0. The monoisotopic (exact) mass is 510 g/mol. The van der Waals surface area contributed by atoms with Crippen molar-refractivity contribution >= 4 is 47.6 Å². The van der Waals surface area contributed by atoms with Crippen molar-refractivity contribution in [3.63, 3.8) is 0 Å². The summed E-state index contributed by atoms with van der Waals surface area (Å²) in [6, 6.07) is 0.412. The van der Waals surface area contributed by atoms with Crippen LogP contribution in [0.1, 0.15) is 38.5 Å². The van der Waals surface area contributed by atoms with E-state index in [4.69, 9.17) is 4.74 Å². The first-order valence-corrected chi connectivity index (χ1v) is 11.3. The lowest BCUT2D eigenvalue weighted by molar-refractivity contribution is -0.136. The van der Waals surface area contributed by atoms with Gasteiger partial charge in [0.25, 0.3) is 0 Å². The predicted molar refractivity (Wildman–Crippen MR) is 123 cm³/mol. The molecule has 3 aliphatic rings. The number of ether oxygens (including phenoxy) is 1. The van der Waals surface area contributed by atoms with Crippen LogP contribution in [0.4, 0.5) is 0 Å². The third-order valence-electron chi connectivity index (χ3n) is 5.55. The highest BCUT2D eigenvalue weighted by atomic mass is 127. The molecule has 0 aromatic rings. The lowest BCUT2D eigenvalue weighted by Gasteiger charge is -2.34. The fourth-order valence-corrected chi connectivity index (χ4v) is 4.59. The molecule has 2 saturated carbocycles. The molecule has 3 rings (SSSR count). The minimum Gasteiger partial charge on any atom is -0.379 e. The minimum absolute atomic E-state index is 0.